The van der Waals surface area contributed by atoms with E-state index < -0.39 is 5.91 Å². The molecule has 4 nitrogen and oxygen atoms in total. The Balaban J connectivity index is 2.01. The van der Waals surface area contributed by atoms with Crippen LogP contribution in [-0.2, 0) is 0 Å². The van der Waals surface area contributed by atoms with E-state index in [-0.39, 0.29) is 11.6 Å². The number of imidazole rings is 1. The van der Waals surface area contributed by atoms with Crippen molar-refractivity contribution in [1.82, 2.24) is 9.97 Å². The first-order valence-electron chi connectivity index (χ1n) is 6.43. The molecule has 2 bridgehead atoms. The second-order valence-corrected chi connectivity index (χ2v) is 6.59. The minimum absolute atomic E-state index is 0.186. The van der Waals surface area contributed by atoms with Crippen LogP contribution in [0.3, 0.4) is 0 Å². The van der Waals surface area contributed by atoms with E-state index in [4.69, 9.17) is 5.73 Å². The average molecular weight is 383 g/mol. The third-order valence-corrected chi connectivity index (χ3v) is 5.13. The van der Waals surface area contributed by atoms with Gasteiger partial charge in [0.25, 0.3) is 5.91 Å². The molecule has 1 aromatic heterocycles. The Labute approximate surface area is 128 Å². The fraction of sp³-hybridized carbons (Fsp3) is 0.286. The SMILES string of the molecule is NC(=O)c1nc2c([nH]1)C1CC(C1)c1cc(F)c(I)cc1-2. The van der Waals surface area contributed by atoms with Crippen LogP contribution in [0.15, 0.2) is 12.1 Å². The van der Waals surface area contributed by atoms with Crippen LogP contribution in [0.25, 0.3) is 11.3 Å². The minimum atomic E-state index is -0.563. The molecule has 20 heavy (non-hydrogen) atoms. The van der Waals surface area contributed by atoms with Crippen molar-refractivity contribution in [2.75, 3.05) is 0 Å². The van der Waals surface area contributed by atoms with Crippen molar-refractivity contribution in [2.24, 2.45) is 5.73 Å². The number of hydrogen-bond donors (Lipinski definition) is 2. The molecule has 1 amide bonds. The molecule has 0 aliphatic heterocycles. The van der Waals surface area contributed by atoms with Crippen molar-refractivity contribution in [3.05, 3.63) is 38.6 Å². The van der Waals surface area contributed by atoms with E-state index in [0.717, 1.165) is 35.4 Å². The van der Waals surface area contributed by atoms with Crippen LogP contribution < -0.4 is 5.73 Å². The summed E-state index contributed by atoms with van der Waals surface area (Å²) in [6, 6.07) is 3.43. The van der Waals surface area contributed by atoms with Crippen molar-refractivity contribution in [1.29, 1.82) is 0 Å². The van der Waals surface area contributed by atoms with E-state index in [1.54, 1.807) is 6.07 Å². The second-order valence-electron chi connectivity index (χ2n) is 5.43. The van der Waals surface area contributed by atoms with Crippen LogP contribution in [0.5, 0.6) is 0 Å². The van der Waals surface area contributed by atoms with Gasteiger partial charge in [0.2, 0.25) is 0 Å². The number of carbonyl (C=O) groups is 1. The van der Waals surface area contributed by atoms with Gasteiger partial charge < -0.3 is 10.7 Å². The van der Waals surface area contributed by atoms with E-state index in [1.165, 1.54) is 0 Å². The highest BCUT2D eigenvalue weighted by molar-refractivity contribution is 14.1. The first kappa shape index (κ1) is 12.3. The van der Waals surface area contributed by atoms with Gasteiger partial charge in [0, 0.05) is 20.7 Å². The zero-order chi connectivity index (χ0) is 14.0. The summed E-state index contributed by atoms with van der Waals surface area (Å²) < 4.78 is 14.4. The van der Waals surface area contributed by atoms with E-state index >= 15 is 0 Å². The molecular weight excluding hydrogens is 372 g/mol. The van der Waals surface area contributed by atoms with Gasteiger partial charge in [0.15, 0.2) is 5.82 Å². The van der Waals surface area contributed by atoms with Gasteiger partial charge in [-0.05, 0) is 59.0 Å². The summed E-state index contributed by atoms with van der Waals surface area (Å²) in [6.07, 6.45) is 1.95. The Hall–Kier alpha value is -1.44. The molecule has 3 aliphatic carbocycles. The molecule has 2 aromatic rings. The number of carbonyl (C=O) groups excluding carboxylic acids is 1. The molecule has 0 atom stereocenters. The number of aromatic amines is 1. The maximum atomic E-state index is 13.8. The molecule has 6 heteroatoms. The summed E-state index contributed by atoms with van der Waals surface area (Å²) in [5, 5.41) is 0. The molecular formula is C14H11FIN3O. The topological polar surface area (TPSA) is 71.8 Å². The summed E-state index contributed by atoms with van der Waals surface area (Å²) in [7, 11) is 0. The highest BCUT2D eigenvalue weighted by Gasteiger charge is 2.40. The van der Waals surface area contributed by atoms with Crippen LogP contribution in [0, 0.1) is 9.39 Å². The number of nitrogens with two attached hydrogens (primary N) is 1. The lowest BCUT2D eigenvalue weighted by atomic mass is 9.72. The average Bonchev–Trinajstić information content (AvgIpc) is 2.68. The Morgan fingerprint density at radius 3 is 2.85 bits per heavy atom. The van der Waals surface area contributed by atoms with Crippen molar-refractivity contribution in [3.8, 4) is 11.3 Å². The van der Waals surface area contributed by atoms with Gasteiger partial charge >= 0.3 is 0 Å². The first-order chi connectivity index (χ1) is 9.54. The largest absolute Gasteiger partial charge is 0.363 e. The predicted octanol–water partition coefficient (Wildman–Crippen LogP) is 2.89. The Morgan fingerprint density at radius 1 is 1.40 bits per heavy atom. The minimum Gasteiger partial charge on any atom is -0.363 e. The number of H-pyrrole nitrogens is 1. The van der Waals surface area contributed by atoms with Crippen molar-refractivity contribution >= 4 is 28.5 Å². The van der Waals surface area contributed by atoms with Gasteiger partial charge in [0.1, 0.15) is 5.82 Å². The number of aromatic nitrogens is 2. The van der Waals surface area contributed by atoms with Crippen molar-refractivity contribution in [2.45, 2.75) is 24.7 Å². The first-order valence-corrected chi connectivity index (χ1v) is 7.51. The van der Waals surface area contributed by atoms with Gasteiger partial charge in [-0.1, -0.05) is 0 Å². The number of nitrogens with one attached hydrogen (secondary N) is 1. The predicted molar refractivity (Wildman–Crippen MR) is 79.9 cm³/mol. The third kappa shape index (κ3) is 1.57. The lowest BCUT2D eigenvalue weighted by molar-refractivity contribution is 0.0991. The Kier molecular flexibility index (Phi) is 2.48. The van der Waals surface area contributed by atoms with Crippen LogP contribution in [0.4, 0.5) is 4.39 Å². The van der Waals surface area contributed by atoms with Crippen molar-refractivity contribution in [3.63, 3.8) is 0 Å². The lowest BCUT2D eigenvalue weighted by Gasteiger charge is -2.33. The fourth-order valence-corrected chi connectivity index (χ4v) is 3.68. The quantitative estimate of drug-likeness (QED) is 0.744. The molecule has 0 radical (unpaired) electrons. The number of amides is 1. The second kappa shape index (κ2) is 4.03. The number of nitrogens with zero attached hydrogens (tertiary/aromatic N) is 1. The van der Waals surface area contributed by atoms with E-state index in [2.05, 4.69) is 9.97 Å². The third-order valence-electron chi connectivity index (χ3n) is 4.30. The van der Waals surface area contributed by atoms with Crippen LogP contribution in [0.2, 0.25) is 0 Å². The molecule has 3 N–H and O–H groups in total. The van der Waals surface area contributed by atoms with E-state index in [1.807, 2.05) is 28.7 Å². The van der Waals surface area contributed by atoms with Gasteiger partial charge in [-0.2, -0.15) is 0 Å². The molecule has 0 unspecified atom stereocenters. The Bertz CT molecular complexity index is 749. The lowest BCUT2D eigenvalue weighted by Crippen LogP contribution is -2.19. The molecule has 1 fully saturated rings. The smallest absolute Gasteiger partial charge is 0.284 e. The molecule has 102 valence electrons. The molecule has 3 aliphatic rings. The summed E-state index contributed by atoms with van der Waals surface area (Å²) in [6.45, 7) is 0. The number of hydrogen-bond acceptors (Lipinski definition) is 2. The maximum absolute atomic E-state index is 13.8. The monoisotopic (exact) mass is 383 g/mol. The standard InChI is InChI=1S/C14H11FIN3O/c15-9-3-7-5-1-6(2-5)11-12(8(7)4-10(9)16)19-14(18-11)13(17)20/h3-6H,1-2H2,(H2,17,20)(H,18,19). The number of benzene rings is 1. The van der Waals surface area contributed by atoms with Crippen LogP contribution in [0.1, 0.15) is 46.6 Å². The number of halogens is 2. The fourth-order valence-electron chi connectivity index (χ4n) is 3.22. The summed E-state index contributed by atoms with van der Waals surface area (Å²) in [5.41, 5.74) is 8.96. The molecule has 0 spiro atoms. The van der Waals surface area contributed by atoms with Crippen LogP contribution in [-0.4, -0.2) is 15.9 Å². The van der Waals surface area contributed by atoms with Crippen molar-refractivity contribution < 1.29 is 9.18 Å². The summed E-state index contributed by atoms with van der Waals surface area (Å²) in [5.74, 6) is 0.185. The zero-order valence-corrected chi connectivity index (χ0v) is 12.6. The van der Waals surface area contributed by atoms with E-state index in [0.29, 0.717) is 15.4 Å². The zero-order valence-electron chi connectivity index (χ0n) is 10.4. The molecule has 1 heterocycles. The summed E-state index contributed by atoms with van der Waals surface area (Å²) in [4.78, 5) is 18.7. The molecule has 1 saturated carbocycles. The summed E-state index contributed by atoms with van der Waals surface area (Å²) >= 11 is 1.98. The highest BCUT2D eigenvalue weighted by Crippen LogP contribution is 2.55. The normalized spacial score (nSPS) is 22.5. The van der Waals surface area contributed by atoms with E-state index in [9.17, 15) is 9.18 Å². The van der Waals surface area contributed by atoms with Crippen LogP contribution >= 0.6 is 22.6 Å². The number of primary amides is 1. The maximum Gasteiger partial charge on any atom is 0.284 e. The highest BCUT2D eigenvalue weighted by atomic mass is 127. The van der Waals surface area contributed by atoms with Gasteiger partial charge in [0.05, 0.1) is 5.69 Å². The molecule has 1 aromatic carbocycles. The van der Waals surface area contributed by atoms with Gasteiger partial charge in [-0.15, -0.1) is 0 Å². The van der Waals surface area contributed by atoms with Gasteiger partial charge in [-0.25, -0.2) is 9.37 Å². The molecule has 0 saturated heterocycles. The Morgan fingerprint density at radius 2 is 2.15 bits per heavy atom. The van der Waals surface area contributed by atoms with Gasteiger partial charge in [-0.3, -0.25) is 4.79 Å². The number of rotatable bonds is 1. The molecule has 5 rings (SSSR count).